The summed E-state index contributed by atoms with van der Waals surface area (Å²) in [4.78, 5) is 17.4. The van der Waals surface area contributed by atoms with Gasteiger partial charge in [0, 0.05) is 37.0 Å². The van der Waals surface area contributed by atoms with E-state index in [4.69, 9.17) is 4.74 Å². The van der Waals surface area contributed by atoms with Crippen LogP contribution in [0.1, 0.15) is 38.7 Å². The van der Waals surface area contributed by atoms with Crippen molar-refractivity contribution in [2.45, 2.75) is 33.1 Å². The Labute approximate surface area is 154 Å². The first-order valence-electron chi connectivity index (χ1n) is 8.99. The molecule has 0 saturated carbocycles. The van der Waals surface area contributed by atoms with Crippen LogP contribution in [0.4, 0.5) is 4.79 Å². The minimum Gasteiger partial charge on any atom is -0.493 e. The van der Waals surface area contributed by atoms with Crippen LogP contribution in [-0.2, 0) is 0 Å². The van der Waals surface area contributed by atoms with E-state index in [-0.39, 0.29) is 11.3 Å². The number of hydrogen-bond acceptors (Lipinski definition) is 3. The molecule has 0 aliphatic carbocycles. The third kappa shape index (κ3) is 4.15. The molecule has 5 nitrogen and oxygen atoms in total. The van der Waals surface area contributed by atoms with Crippen LogP contribution >= 0.6 is 0 Å². The average Bonchev–Trinajstić information content (AvgIpc) is 2.60. The van der Waals surface area contributed by atoms with E-state index >= 15 is 0 Å². The van der Waals surface area contributed by atoms with Gasteiger partial charge in [0.2, 0.25) is 0 Å². The van der Waals surface area contributed by atoms with E-state index < -0.39 is 6.09 Å². The number of aromatic nitrogens is 1. The van der Waals surface area contributed by atoms with Crippen molar-refractivity contribution in [3.8, 4) is 16.9 Å². The normalized spacial score (nSPS) is 16.5. The monoisotopic (exact) mass is 354 g/mol. The summed E-state index contributed by atoms with van der Waals surface area (Å²) < 4.78 is 6.00. The van der Waals surface area contributed by atoms with E-state index in [2.05, 4.69) is 31.8 Å². The Balaban J connectivity index is 1.91. The second-order valence-electron chi connectivity index (χ2n) is 8.02. The number of rotatable bonds is 4. The van der Waals surface area contributed by atoms with Gasteiger partial charge in [-0.25, -0.2) is 4.79 Å². The van der Waals surface area contributed by atoms with Crippen LogP contribution in [-0.4, -0.2) is 40.8 Å². The van der Waals surface area contributed by atoms with Crippen LogP contribution in [0, 0.1) is 5.41 Å². The van der Waals surface area contributed by atoms with Crippen LogP contribution < -0.4 is 4.74 Å². The molecule has 0 unspecified atom stereocenters. The van der Waals surface area contributed by atoms with Crippen molar-refractivity contribution in [1.82, 2.24) is 9.88 Å². The number of nitrogens with zero attached hydrogens (tertiary/aromatic N) is 2. The molecule has 1 N–H and O–H groups in total. The number of pyridine rings is 1. The highest BCUT2D eigenvalue weighted by molar-refractivity contribution is 5.72. The molecule has 1 aliphatic rings. The molecule has 138 valence electrons. The first-order chi connectivity index (χ1) is 12.3. The van der Waals surface area contributed by atoms with Gasteiger partial charge < -0.3 is 14.7 Å². The molecular weight excluding hydrogens is 328 g/mol. The molecule has 1 aliphatic heterocycles. The summed E-state index contributed by atoms with van der Waals surface area (Å²) in [6.07, 6.45) is 3.49. The number of ether oxygens (including phenoxy) is 1. The average molecular weight is 354 g/mol. The van der Waals surface area contributed by atoms with Crippen molar-refractivity contribution in [3.05, 3.63) is 48.3 Å². The Kier molecular flexibility index (Phi) is 5.16. The van der Waals surface area contributed by atoms with E-state index in [1.54, 1.807) is 17.3 Å². The highest BCUT2D eigenvalue weighted by Gasteiger charge is 2.29. The predicted octanol–water partition coefficient (Wildman–Crippen LogP) is 4.64. The molecular formula is C21H26N2O3. The van der Waals surface area contributed by atoms with Crippen LogP contribution in [0.25, 0.3) is 11.1 Å². The lowest BCUT2D eigenvalue weighted by Gasteiger charge is -2.34. The van der Waals surface area contributed by atoms with E-state index in [1.165, 1.54) is 0 Å². The molecule has 1 amide bonds. The van der Waals surface area contributed by atoms with Gasteiger partial charge in [0.15, 0.2) is 0 Å². The number of carboxylic acid groups (broad SMARTS) is 1. The first-order valence-corrected chi connectivity index (χ1v) is 8.99. The Hall–Kier alpha value is -2.56. The number of carbonyl (C=O) groups is 1. The molecule has 0 spiro atoms. The van der Waals surface area contributed by atoms with Gasteiger partial charge in [0.1, 0.15) is 5.75 Å². The summed E-state index contributed by atoms with van der Waals surface area (Å²) >= 11 is 0. The SMILES string of the molecule is CC(C)(C)CN(C[C@H]1CCOc2c(-c3ccncc3)cccc21)C(=O)O. The van der Waals surface area contributed by atoms with Gasteiger partial charge in [-0.3, -0.25) is 4.98 Å². The van der Waals surface area contributed by atoms with E-state index in [0.717, 1.165) is 28.9 Å². The third-order valence-electron chi connectivity index (χ3n) is 4.57. The zero-order chi connectivity index (χ0) is 18.7. The van der Waals surface area contributed by atoms with Crippen molar-refractivity contribution in [2.75, 3.05) is 19.7 Å². The van der Waals surface area contributed by atoms with Crippen LogP contribution in [0.15, 0.2) is 42.7 Å². The molecule has 0 saturated heterocycles. The summed E-state index contributed by atoms with van der Waals surface area (Å²) in [5.41, 5.74) is 3.10. The van der Waals surface area contributed by atoms with Gasteiger partial charge >= 0.3 is 6.09 Å². The van der Waals surface area contributed by atoms with Crippen LogP contribution in [0.3, 0.4) is 0 Å². The fraction of sp³-hybridized carbons (Fsp3) is 0.429. The molecule has 0 bridgehead atoms. The van der Waals surface area contributed by atoms with Crippen molar-refractivity contribution in [1.29, 1.82) is 0 Å². The Morgan fingerprint density at radius 2 is 2.00 bits per heavy atom. The molecule has 2 heterocycles. The van der Waals surface area contributed by atoms with Gasteiger partial charge in [-0.05, 0) is 35.1 Å². The van der Waals surface area contributed by atoms with Gasteiger partial charge in [-0.15, -0.1) is 0 Å². The van der Waals surface area contributed by atoms with Gasteiger partial charge in [-0.1, -0.05) is 39.0 Å². The second-order valence-corrected chi connectivity index (χ2v) is 8.02. The van der Waals surface area contributed by atoms with Crippen LogP contribution in [0.2, 0.25) is 0 Å². The zero-order valence-corrected chi connectivity index (χ0v) is 15.6. The van der Waals surface area contributed by atoms with E-state index in [9.17, 15) is 9.90 Å². The Bertz CT molecular complexity index is 769. The Morgan fingerprint density at radius 1 is 1.27 bits per heavy atom. The van der Waals surface area contributed by atoms with Crippen molar-refractivity contribution in [3.63, 3.8) is 0 Å². The summed E-state index contributed by atoms with van der Waals surface area (Å²) in [6, 6.07) is 10.0. The summed E-state index contributed by atoms with van der Waals surface area (Å²) in [7, 11) is 0. The third-order valence-corrected chi connectivity index (χ3v) is 4.57. The minimum absolute atomic E-state index is 0.0781. The number of amides is 1. The molecule has 2 aromatic rings. The van der Waals surface area contributed by atoms with E-state index in [1.807, 2.05) is 24.3 Å². The molecule has 26 heavy (non-hydrogen) atoms. The standard InChI is InChI=1S/C21H26N2O3/c1-21(2,3)14-23(20(24)25)13-16-9-12-26-19-17(5-4-6-18(16)19)15-7-10-22-11-8-15/h4-8,10-11,16H,9,12-14H2,1-3H3,(H,24,25)/t16-/m1/s1. The van der Waals surface area contributed by atoms with Crippen LogP contribution in [0.5, 0.6) is 5.75 Å². The lowest BCUT2D eigenvalue weighted by molar-refractivity contribution is 0.118. The quantitative estimate of drug-likeness (QED) is 0.869. The fourth-order valence-corrected chi connectivity index (χ4v) is 3.49. The lowest BCUT2D eigenvalue weighted by atomic mass is 9.88. The topological polar surface area (TPSA) is 62.7 Å². The van der Waals surface area contributed by atoms with Crippen molar-refractivity contribution < 1.29 is 14.6 Å². The maximum absolute atomic E-state index is 11.7. The molecule has 3 rings (SSSR count). The van der Waals surface area contributed by atoms with Gasteiger partial charge in [0.25, 0.3) is 0 Å². The van der Waals surface area contributed by atoms with Crippen molar-refractivity contribution in [2.24, 2.45) is 5.41 Å². The fourth-order valence-electron chi connectivity index (χ4n) is 3.49. The minimum atomic E-state index is -0.863. The predicted molar refractivity (Wildman–Crippen MR) is 102 cm³/mol. The Morgan fingerprint density at radius 3 is 2.65 bits per heavy atom. The first kappa shape index (κ1) is 18.2. The summed E-state index contributed by atoms with van der Waals surface area (Å²) in [5, 5.41) is 9.64. The molecule has 0 fully saturated rings. The zero-order valence-electron chi connectivity index (χ0n) is 15.6. The highest BCUT2D eigenvalue weighted by Crippen LogP contribution is 2.41. The van der Waals surface area contributed by atoms with Gasteiger partial charge in [0.05, 0.1) is 6.61 Å². The largest absolute Gasteiger partial charge is 0.493 e. The highest BCUT2D eigenvalue weighted by atomic mass is 16.5. The molecule has 1 atom stereocenters. The smallest absolute Gasteiger partial charge is 0.407 e. The number of fused-ring (bicyclic) bond motifs is 1. The molecule has 1 aromatic carbocycles. The number of para-hydroxylation sites is 1. The molecule has 5 heteroatoms. The number of hydrogen-bond donors (Lipinski definition) is 1. The molecule has 0 radical (unpaired) electrons. The van der Waals surface area contributed by atoms with Crippen molar-refractivity contribution >= 4 is 6.09 Å². The maximum atomic E-state index is 11.7. The van der Waals surface area contributed by atoms with E-state index in [0.29, 0.717) is 19.7 Å². The summed E-state index contributed by atoms with van der Waals surface area (Å²) in [5.74, 6) is 1.01. The van der Waals surface area contributed by atoms with Gasteiger partial charge in [-0.2, -0.15) is 0 Å². The second kappa shape index (κ2) is 7.36. The number of benzene rings is 1. The molecule has 1 aromatic heterocycles. The maximum Gasteiger partial charge on any atom is 0.407 e. The lowest BCUT2D eigenvalue weighted by Crippen LogP contribution is -2.40. The summed E-state index contributed by atoms with van der Waals surface area (Å²) in [6.45, 7) is 7.78.